The lowest BCUT2D eigenvalue weighted by molar-refractivity contribution is -0.130. The Kier molecular flexibility index (Phi) is 2.69. The number of hydrogen-bond acceptors (Lipinski definition) is 4. The molecule has 3 unspecified atom stereocenters. The molecule has 5 nitrogen and oxygen atoms in total. The quantitative estimate of drug-likeness (QED) is 0.728. The number of ketones is 1. The van der Waals surface area contributed by atoms with Crippen LogP contribution in [-0.4, -0.2) is 35.7 Å². The highest BCUT2D eigenvalue weighted by atomic mass is 32.2. The molecule has 2 bridgehead atoms. The van der Waals surface area contributed by atoms with Gasteiger partial charge in [-0.2, -0.15) is 8.42 Å². The standard InChI is InChI=1S/C11H18O5S/c1-10(2)7-3-4-11(10,8(13)5-7)9(6-12)17(14,15)16/h7,9,12H,3-6H2,1-2H3,(H,14,15,16). The zero-order chi connectivity index (χ0) is 13.1. The highest BCUT2D eigenvalue weighted by Gasteiger charge is 2.69. The molecule has 0 amide bonds. The highest BCUT2D eigenvalue weighted by molar-refractivity contribution is 7.86. The molecule has 3 atom stereocenters. The Labute approximate surface area is 101 Å². The van der Waals surface area contributed by atoms with E-state index in [1.165, 1.54) is 0 Å². The summed E-state index contributed by atoms with van der Waals surface area (Å²) in [6.45, 7) is 3.02. The summed E-state index contributed by atoms with van der Waals surface area (Å²) in [5, 5.41) is 7.91. The van der Waals surface area contributed by atoms with Crippen molar-refractivity contribution in [2.45, 2.75) is 38.4 Å². The molecule has 17 heavy (non-hydrogen) atoms. The molecule has 2 saturated carbocycles. The first kappa shape index (κ1) is 13.0. The predicted molar refractivity (Wildman–Crippen MR) is 61.0 cm³/mol. The second kappa shape index (κ2) is 3.52. The Hall–Kier alpha value is -0.460. The van der Waals surface area contributed by atoms with Gasteiger partial charge in [-0.05, 0) is 24.2 Å². The Bertz CT molecular complexity index is 452. The second-order valence-electron chi connectivity index (χ2n) is 5.74. The molecule has 0 spiro atoms. The Morgan fingerprint density at radius 2 is 2.06 bits per heavy atom. The molecule has 0 heterocycles. The molecule has 98 valence electrons. The lowest BCUT2D eigenvalue weighted by Crippen LogP contribution is -2.51. The maximum atomic E-state index is 12.1. The van der Waals surface area contributed by atoms with E-state index in [0.717, 1.165) is 6.42 Å². The Morgan fingerprint density at radius 3 is 2.35 bits per heavy atom. The average Bonchev–Trinajstić information content (AvgIpc) is 2.50. The first-order chi connectivity index (χ1) is 7.68. The second-order valence-corrected chi connectivity index (χ2v) is 7.34. The summed E-state index contributed by atoms with van der Waals surface area (Å²) < 4.78 is 32.1. The largest absolute Gasteiger partial charge is 0.395 e. The van der Waals surface area contributed by atoms with E-state index in [2.05, 4.69) is 0 Å². The van der Waals surface area contributed by atoms with Crippen LogP contribution in [0.4, 0.5) is 0 Å². The number of hydrogen-bond donors (Lipinski definition) is 2. The lowest BCUT2D eigenvalue weighted by atomic mass is 9.67. The molecular weight excluding hydrogens is 244 g/mol. The van der Waals surface area contributed by atoms with Gasteiger partial charge in [0.2, 0.25) is 0 Å². The molecule has 2 N–H and O–H groups in total. The monoisotopic (exact) mass is 262 g/mol. The van der Waals surface area contributed by atoms with Crippen molar-refractivity contribution in [1.82, 2.24) is 0 Å². The highest BCUT2D eigenvalue weighted by Crippen LogP contribution is 2.66. The van der Waals surface area contributed by atoms with Crippen molar-refractivity contribution in [2.24, 2.45) is 16.7 Å². The van der Waals surface area contributed by atoms with Crippen molar-refractivity contribution >= 4 is 15.9 Å². The number of carbonyl (C=O) groups excluding carboxylic acids is 1. The molecule has 2 fully saturated rings. The minimum Gasteiger partial charge on any atom is -0.395 e. The van der Waals surface area contributed by atoms with Crippen molar-refractivity contribution in [3.63, 3.8) is 0 Å². The summed E-state index contributed by atoms with van der Waals surface area (Å²) in [5.41, 5.74) is -1.59. The SMILES string of the molecule is CC1(C)C2CCC1(C(CO)S(=O)(=O)O)C(=O)C2. The van der Waals surface area contributed by atoms with Crippen LogP contribution in [0.15, 0.2) is 0 Å². The van der Waals surface area contributed by atoms with E-state index >= 15 is 0 Å². The van der Waals surface area contributed by atoms with Crippen LogP contribution in [-0.2, 0) is 14.9 Å². The van der Waals surface area contributed by atoms with E-state index in [-0.39, 0.29) is 11.7 Å². The first-order valence-corrected chi connectivity index (χ1v) is 7.28. The minimum absolute atomic E-state index is 0.129. The zero-order valence-electron chi connectivity index (χ0n) is 10.0. The number of carbonyl (C=O) groups is 1. The van der Waals surface area contributed by atoms with Gasteiger partial charge in [0.1, 0.15) is 11.0 Å². The summed E-state index contributed by atoms with van der Waals surface area (Å²) >= 11 is 0. The van der Waals surface area contributed by atoms with E-state index < -0.39 is 32.8 Å². The van der Waals surface area contributed by atoms with Crippen molar-refractivity contribution in [1.29, 1.82) is 0 Å². The van der Waals surface area contributed by atoms with Gasteiger partial charge in [-0.1, -0.05) is 13.8 Å². The fraction of sp³-hybridized carbons (Fsp3) is 0.909. The van der Waals surface area contributed by atoms with Gasteiger partial charge >= 0.3 is 0 Å². The van der Waals surface area contributed by atoms with E-state index in [0.29, 0.717) is 12.8 Å². The van der Waals surface area contributed by atoms with Gasteiger partial charge in [-0.25, -0.2) is 0 Å². The molecule has 6 heteroatoms. The van der Waals surface area contributed by atoms with Gasteiger partial charge in [-0.3, -0.25) is 9.35 Å². The maximum Gasteiger partial charge on any atom is 0.271 e. The summed E-state index contributed by atoms with van der Waals surface area (Å²) in [6.07, 6.45) is 1.58. The summed E-state index contributed by atoms with van der Waals surface area (Å²) in [4.78, 5) is 12.1. The summed E-state index contributed by atoms with van der Waals surface area (Å²) in [7, 11) is -4.42. The molecule has 2 aliphatic carbocycles. The predicted octanol–water partition coefficient (Wildman–Crippen LogP) is 0.631. The minimum atomic E-state index is -4.42. The van der Waals surface area contributed by atoms with Gasteiger partial charge in [-0.15, -0.1) is 0 Å². The smallest absolute Gasteiger partial charge is 0.271 e. The molecule has 0 aromatic rings. The number of fused-ring (bicyclic) bond motifs is 2. The molecule has 0 radical (unpaired) electrons. The summed E-state index contributed by atoms with van der Waals surface area (Å²) in [5.74, 6) is 0.0289. The molecule has 2 aliphatic rings. The molecule has 2 rings (SSSR count). The van der Waals surface area contributed by atoms with Crippen LogP contribution in [0.5, 0.6) is 0 Å². The van der Waals surface area contributed by atoms with Crippen LogP contribution in [0.3, 0.4) is 0 Å². The van der Waals surface area contributed by atoms with Crippen LogP contribution >= 0.6 is 0 Å². The summed E-state index contributed by atoms with van der Waals surface area (Å²) in [6, 6.07) is 0. The van der Waals surface area contributed by atoms with Crippen LogP contribution < -0.4 is 0 Å². The molecule has 0 aromatic carbocycles. The topological polar surface area (TPSA) is 91.7 Å². The normalized spacial score (nSPS) is 37.4. The maximum absolute atomic E-state index is 12.1. The van der Waals surface area contributed by atoms with Gasteiger partial charge in [0.15, 0.2) is 0 Å². The van der Waals surface area contributed by atoms with Crippen LogP contribution in [0.2, 0.25) is 0 Å². The molecule has 0 saturated heterocycles. The van der Waals surface area contributed by atoms with Gasteiger partial charge in [0.25, 0.3) is 10.1 Å². The molecule has 0 aromatic heterocycles. The third kappa shape index (κ3) is 1.44. The fourth-order valence-corrected chi connectivity index (χ4v) is 5.22. The Morgan fingerprint density at radius 1 is 1.47 bits per heavy atom. The van der Waals surface area contributed by atoms with E-state index in [1.807, 2.05) is 13.8 Å². The fourth-order valence-electron chi connectivity index (χ4n) is 3.97. The number of aliphatic hydroxyl groups is 1. The van der Waals surface area contributed by atoms with Crippen LogP contribution in [0, 0.1) is 16.7 Å². The van der Waals surface area contributed by atoms with Crippen LogP contribution in [0.1, 0.15) is 33.1 Å². The number of aliphatic hydroxyl groups excluding tert-OH is 1. The zero-order valence-corrected chi connectivity index (χ0v) is 10.8. The van der Waals surface area contributed by atoms with Crippen molar-refractivity contribution in [3.05, 3.63) is 0 Å². The molecular formula is C11H18O5S. The molecule has 0 aliphatic heterocycles. The van der Waals surface area contributed by atoms with E-state index in [1.54, 1.807) is 0 Å². The number of rotatable bonds is 3. The van der Waals surface area contributed by atoms with Crippen molar-refractivity contribution in [3.8, 4) is 0 Å². The van der Waals surface area contributed by atoms with Gasteiger partial charge < -0.3 is 5.11 Å². The van der Waals surface area contributed by atoms with Crippen molar-refractivity contribution < 1.29 is 22.9 Å². The van der Waals surface area contributed by atoms with E-state index in [4.69, 9.17) is 0 Å². The first-order valence-electron chi connectivity index (χ1n) is 5.78. The average molecular weight is 262 g/mol. The van der Waals surface area contributed by atoms with Gasteiger partial charge in [0, 0.05) is 6.42 Å². The third-order valence-electron chi connectivity index (χ3n) is 5.06. The van der Waals surface area contributed by atoms with E-state index in [9.17, 15) is 22.9 Å². The third-order valence-corrected chi connectivity index (χ3v) is 6.33. The Balaban J connectivity index is 2.58. The number of Topliss-reactive ketones (excluding diaryl/α,β-unsaturated/α-hetero) is 1. The lowest BCUT2D eigenvalue weighted by Gasteiger charge is -2.40. The van der Waals surface area contributed by atoms with Gasteiger partial charge in [0.05, 0.1) is 12.0 Å². The van der Waals surface area contributed by atoms with Crippen molar-refractivity contribution in [2.75, 3.05) is 6.61 Å². The van der Waals surface area contributed by atoms with Crippen LogP contribution in [0.25, 0.3) is 0 Å².